The van der Waals surface area contributed by atoms with Crippen molar-refractivity contribution in [3.63, 3.8) is 0 Å². The molecule has 13 heavy (non-hydrogen) atoms. The van der Waals surface area contributed by atoms with Gasteiger partial charge in [0.05, 0.1) is 19.3 Å². The van der Waals surface area contributed by atoms with E-state index in [0.29, 0.717) is 6.61 Å². The fourth-order valence-corrected chi connectivity index (χ4v) is 0.620. The zero-order chi connectivity index (χ0) is 10.7. The first kappa shape index (κ1) is 12.9. The van der Waals surface area contributed by atoms with E-state index in [-0.39, 0.29) is 23.5 Å². The first-order valence-corrected chi connectivity index (χ1v) is 4.93. The average molecular weight is 188 g/mol. The number of hydrogen-bond acceptors (Lipinski definition) is 2. The van der Waals surface area contributed by atoms with E-state index in [1.165, 1.54) is 0 Å². The summed E-state index contributed by atoms with van der Waals surface area (Å²) < 4.78 is 5.53. The summed E-state index contributed by atoms with van der Waals surface area (Å²) in [4.78, 5) is 0. The van der Waals surface area contributed by atoms with Crippen LogP contribution in [0, 0.1) is 10.8 Å². The van der Waals surface area contributed by atoms with Gasteiger partial charge in [-0.1, -0.05) is 34.6 Å². The van der Waals surface area contributed by atoms with Crippen molar-refractivity contribution >= 4 is 0 Å². The van der Waals surface area contributed by atoms with Crippen LogP contribution in [0.25, 0.3) is 0 Å². The molecule has 0 saturated heterocycles. The van der Waals surface area contributed by atoms with Crippen molar-refractivity contribution in [1.29, 1.82) is 0 Å². The molecule has 0 radical (unpaired) electrons. The van der Waals surface area contributed by atoms with E-state index >= 15 is 0 Å². The average Bonchev–Trinajstić information content (AvgIpc) is 1.98. The summed E-state index contributed by atoms with van der Waals surface area (Å²) in [6.45, 7) is 13.7. The quantitative estimate of drug-likeness (QED) is 0.734. The molecule has 0 saturated carbocycles. The van der Waals surface area contributed by atoms with E-state index in [9.17, 15) is 0 Å². The molecule has 0 fully saturated rings. The van der Waals surface area contributed by atoms with Crippen LogP contribution in [0.4, 0.5) is 0 Å². The Bertz CT molecular complexity index is 145. The molecule has 0 aromatic rings. The Balaban J connectivity index is 4.04. The zero-order valence-electron chi connectivity index (χ0n) is 9.85. The van der Waals surface area contributed by atoms with Gasteiger partial charge in [-0.15, -0.1) is 0 Å². The molecule has 0 aromatic heterocycles. The fraction of sp³-hybridized carbons (Fsp3) is 1.00. The summed E-state index contributed by atoms with van der Waals surface area (Å²) in [6, 6.07) is 0. The van der Waals surface area contributed by atoms with Gasteiger partial charge in [-0.2, -0.15) is 0 Å². The Morgan fingerprint density at radius 1 is 1.15 bits per heavy atom. The lowest BCUT2D eigenvalue weighted by Gasteiger charge is -2.39. The molecule has 0 spiro atoms. The summed E-state index contributed by atoms with van der Waals surface area (Å²) >= 11 is 0. The first-order valence-electron chi connectivity index (χ1n) is 4.93. The Hall–Kier alpha value is -0.0800. The van der Waals surface area contributed by atoms with Crippen LogP contribution in [0.15, 0.2) is 0 Å². The van der Waals surface area contributed by atoms with Crippen molar-refractivity contribution in [2.45, 2.75) is 47.6 Å². The molecule has 0 aliphatic rings. The Morgan fingerprint density at radius 2 is 1.62 bits per heavy atom. The van der Waals surface area contributed by atoms with Gasteiger partial charge < -0.3 is 9.84 Å². The molecule has 2 nitrogen and oxygen atoms in total. The van der Waals surface area contributed by atoms with Crippen LogP contribution in [0.2, 0.25) is 0 Å². The second-order valence-electron chi connectivity index (χ2n) is 5.44. The van der Waals surface area contributed by atoms with Gasteiger partial charge in [0.25, 0.3) is 0 Å². The molecule has 1 unspecified atom stereocenters. The van der Waals surface area contributed by atoms with Gasteiger partial charge >= 0.3 is 0 Å². The van der Waals surface area contributed by atoms with E-state index in [1.807, 2.05) is 6.92 Å². The smallest absolute Gasteiger partial charge is 0.0777 e. The second kappa shape index (κ2) is 4.43. The Morgan fingerprint density at radius 3 is 1.92 bits per heavy atom. The minimum atomic E-state index is -0.0541. The maximum Gasteiger partial charge on any atom is 0.0777 e. The number of aliphatic hydroxyl groups excluding tert-OH is 1. The topological polar surface area (TPSA) is 29.5 Å². The van der Waals surface area contributed by atoms with Gasteiger partial charge in [-0.05, 0) is 17.8 Å². The van der Waals surface area contributed by atoms with Crippen LogP contribution in [0.3, 0.4) is 0 Å². The summed E-state index contributed by atoms with van der Waals surface area (Å²) in [7, 11) is 0. The maximum absolute atomic E-state index is 8.81. The van der Waals surface area contributed by atoms with Crippen molar-refractivity contribution < 1.29 is 9.84 Å². The number of aliphatic hydroxyl groups is 1. The summed E-state index contributed by atoms with van der Waals surface area (Å²) in [6.07, 6.45) is -0.0541. The molecule has 0 aliphatic heterocycles. The molecule has 0 amide bonds. The highest BCUT2D eigenvalue weighted by molar-refractivity contribution is 4.82. The highest BCUT2D eigenvalue weighted by Gasteiger charge is 2.33. The monoisotopic (exact) mass is 188 g/mol. The standard InChI is InChI=1S/C11H24O2/c1-9(7-12)13-8-11(5,6)10(2,3)4/h9,12H,7-8H2,1-6H3. The van der Waals surface area contributed by atoms with Crippen molar-refractivity contribution in [2.24, 2.45) is 10.8 Å². The predicted molar refractivity (Wildman–Crippen MR) is 55.7 cm³/mol. The molecule has 0 rings (SSSR count). The van der Waals surface area contributed by atoms with Gasteiger partial charge in [-0.25, -0.2) is 0 Å². The van der Waals surface area contributed by atoms with Gasteiger partial charge in [0.2, 0.25) is 0 Å². The molecular formula is C11H24O2. The van der Waals surface area contributed by atoms with E-state index in [1.54, 1.807) is 0 Å². The van der Waals surface area contributed by atoms with Crippen LogP contribution >= 0.6 is 0 Å². The largest absolute Gasteiger partial charge is 0.394 e. The third-order valence-corrected chi connectivity index (χ3v) is 3.02. The molecule has 0 aliphatic carbocycles. The highest BCUT2D eigenvalue weighted by Crippen LogP contribution is 2.38. The lowest BCUT2D eigenvalue weighted by atomic mass is 9.70. The third-order valence-electron chi connectivity index (χ3n) is 3.02. The molecule has 0 bridgehead atoms. The molecule has 0 aromatic carbocycles. The van der Waals surface area contributed by atoms with Crippen molar-refractivity contribution in [3.05, 3.63) is 0 Å². The van der Waals surface area contributed by atoms with Crippen LogP contribution < -0.4 is 0 Å². The number of hydrogen-bond donors (Lipinski definition) is 1. The van der Waals surface area contributed by atoms with Crippen molar-refractivity contribution in [3.8, 4) is 0 Å². The van der Waals surface area contributed by atoms with Gasteiger partial charge in [0.15, 0.2) is 0 Å². The molecule has 2 heteroatoms. The van der Waals surface area contributed by atoms with Crippen LogP contribution in [-0.4, -0.2) is 24.4 Å². The second-order valence-corrected chi connectivity index (χ2v) is 5.44. The van der Waals surface area contributed by atoms with E-state index in [4.69, 9.17) is 9.84 Å². The summed E-state index contributed by atoms with van der Waals surface area (Å²) in [5.74, 6) is 0. The molecular weight excluding hydrogens is 164 g/mol. The SMILES string of the molecule is CC(CO)OCC(C)(C)C(C)(C)C. The normalized spacial score (nSPS) is 15.9. The van der Waals surface area contributed by atoms with E-state index < -0.39 is 0 Å². The minimum Gasteiger partial charge on any atom is -0.394 e. The molecule has 0 heterocycles. The third kappa shape index (κ3) is 4.10. The van der Waals surface area contributed by atoms with Gasteiger partial charge in [0, 0.05) is 0 Å². The molecule has 1 N–H and O–H groups in total. The fourth-order valence-electron chi connectivity index (χ4n) is 0.620. The molecule has 1 atom stereocenters. The van der Waals surface area contributed by atoms with E-state index in [0.717, 1.165) is 0 Å². The zero-order valence-corrected chi connectivity index (χ0v) is 9.85. The Kier molecular flexibility index (Phi) is 4.40. The van der Waals surface area contributed by atoms with Crippen molar-refractivity contribution in [2.75, 3.05) is 13.2 Å². The summed E-state index contributed by atoms with van der Waals surface area (Å²) in [5.41, 5.74) is 0.360. The van der Waals surface area contributed by atoms with Crippen LogP contribution in [-0.2, 0) is 4.74 Å². The lowest BCUT2D eigenvalue weighted by molar-refractivity contribution is -0.0496. The summed E-state index contributed by atoms with van der Waals surface area (Å²) in [5, 5.41) is 8.81. The molecule has 80 valence electrons. The predicted octanol–water partition coefficient (Wildman–Crippen LogP) is 2.46. The number of rotatable bonds is 4. The van der Waals surface area contributed by atoms with Crippen LogP contribution in [0.1, 0.15) is 41.5 Å². The van der Waals surface area contributed by atoms with Crippen molar-refractivity contribution in [1.82, 2.24) is 0 Å². The number of ether oxygens (including phenoxy) is 1. The van der Waals surface area contributed by atoms with E-state index in [2.05, 4.69) is 34.6 Å². The van der Waals surface area contributed by atoms with Gasteiger partial charge in [0.1, 0.15) is 0 Å². The minimum absolute atomic E-state index is 0.0541. The highest BCUT2D eigenvalue weighted by atomic mass is 16.5. The first-order chi connectivity index (χ1) is 5.70. The lowest BCUT2D eigenvalue weighted by Crippen LogP contribution is -2.35. The maximum atomic E-state index is 8.81. The van der Waals surface area contributed by atoms with Crippen LogP contribution in [0.5, 0.6) is 0 Å². The van der Waals surface area contributed by atoms with Gasteiger partial charge in [-0.3, -0.25) is 0 Å². The Labute approximate surface area is 82.3 Å².